The lowest BCUT2D eigenvalue weighted by molar-refractivity contribution is 0.245. The van der Waals surface area contributed by atoms with Gasteiger partial charge in [0.05, 0.1) is 5.69 Å². The van der Waals surface area contributed by atoms with E-state index in [1.807, 2.05) is 12.3 Å². The topological polar surface area (TPSA) is 45.2 Å². The lowest BCUT2D eigenvalue weighted by Gasteiger charge is -2.35. The standard InChI is InChI=1S/C18H25N5/c1-13-6-5-7-19-17(13)12-22-8-10-23(11-9-22)18-20-15(3)14(2)16(4)21-18/h5-7H,8-12H2,1-4H3. The molecular formula is C18H25N5. The second-order valence-electron chi connectivity index (χ2n) is 6.35. The molecule has 1 aliphatic rings. The van der Waals surface area contributed by atoms with Crippen LogP contribution in [-0.2, 0) is 6.54 Å². The molecule has 1 fully saturated rings. The molecule has 3 rings (SSSR count). The Bertz CT molecular complexity index is 667. The Balaban J connectivity index is 1.64. The molecule has 3 heterocycles. The zero-order chi connectivity index (χ0) is 16.4. The molecule has 0 aromatic carbocycles. The minimum atomic E-state index is 0.874. The van der Waals surface area contributed by atoms with Crippen molar-refractivity contribution in [2.75, 3.05) is 31.1 Å². The predicted molar refractivity (Wildman–Crippen MR) is 92.7 cm³/mol. The zero-order valence-electron chi connectivity index (χ0n) is 14.5. The maximum Gasteiger partial charge on any atom is 0.225 e. The number of piperazine rings is 1. The Hall–Kier alpha value is -2.01. The fourth-order valence-corrected chi connectivity index (χ4v) is 2.90. The number of nitrogens with zero attached hydrogens (tertiary/aromatic N) is 5. The molecule has 0 unspecified atom stereocenters. The van der Waals surface area contributed by atoms with Crippen LogP contribution in [0.3, 0.4) is 0 Å². The van der Waals surface area contributed by atoms with Crippen molar-refractivity contribution in [3.63, 3.8) is 0 Å². The molecule has 0 radical (unpaired) electrons. The molecule has 0 saturated carbocycles. The first kappa shape index (κ1) is 15.9. The molecule has 1 aliphatic heterocycles. The first-order chi connectivity index (χ1) is 11.0. The fraction of sp³-hybridized carbons (Fsp3) is 0.500. The van der Waals surface area contributed by atoms with E-state index in [1.54, 1.807) is 0 Å². The van der Waals surface area contributed by atoms with Crippen LogP contribution in [0.1, 0.15) is 28.2 Å². The smallest absolute Gasteiger partial charge is 0.225 e. The van der Waals surface area contributed by atoms with Gasteiger partial charge in [0.15, 0.2) is 0 Å². The van der Waals surface area contributed by atoms with Gasteiger partial charge in [-0.05, 0) is 44.9 Å². The zero-order valence-corrected chi connectivity index (χ0v) is 14.5. The van der Waals surface area contributed by atoms with E-state index < -0.39 is 0 Å². The van der Waals surface area contributed by atoms with E-state index in [4.69, 9.17) is 0 Å². The predicted octanol–water partition coefficient (Wildman–Crippen LogP) is 2.43. The van der Waals surface area contributed by atoms with E-state index in [-0.39, 0.29) is 0 Å². The quantitative estimate of drug-likeness (QED) is 0.871. The molecule has 0 spiro atoms. The molecule has 122 valence electrons. The van der Waals surface area contributed by atoms with Gasteiger partial charge < -0.3 is 4.90 Å². The highest BCUT2D eigenvalue weighted by Crippen LogP contribution is 2.17. The van der Waals surface area contributed by atoms with Gasteiger partial charge in [0.1, 0.15) is 0 Å². The largest absolute Gasteiger partial charge is 0.338 e. The van der Waals surface area contributed by atoms with Crippen LogP contribution in [0.2, 0.25) is 0 Å². The average Bonchev–Trinajstić information content (AvgIpc) is 2.55. The second-order valence-corrected chi connectivity index (χ2v) is 6.35. The van der Waals surface area contributed by atoms with E-state index >= 15 is 0 Å². The van der Waals surface area contributed by atoms with Gasteiger partial charge in [-0.25, -0.2) is 9.97 Å². The van der Waals surface area contributed by atoms with Crippen LogP contribution in [0.5, 0.6) is 0 Å². The van der Waals surface area contributed by atoms with Crippen LogP contribution < -0.4 is 4.90 Å². The Morgan fingerprint density at radius 1 is 0.957 bits per heavy atom. The first-order valence-electron chi connectivity index (χ1n) is 8.24. The number of rotatable bonds is 3. The van der Waals surface area contributed by atoms with Crippen LogP contribution in [0.15, 0.2) is 18.3 Å². The molecule has 0 bridgehead atoms. The van der Waals surface area contributed by atoms with Crippen molar-refractivity contribution < 1.29 is 0 Å². The van der Waals surface area contributed by atoms with E-state index in [0.29, 0.717) is 0 Å². The molecule has 2 aromatic rings. The van der Waals surface area contributed by atoms with Crippen LogP contribution in [0.4, 0.5) is 5.95 Å². The minimum absolute atomic E-state index is 0.874. The van der Waals surface area contributed by atoms with Crippen molar-refractivity contribution in [1.82, 2.24) is 19.9 Å². The fourth-order valence-electron chi connectivity index (χ4n) is 2.90. The maximum absolute atomic E-state index is 4.66. The lowest BCUT2D eigenvalue weighted by Crippen LogP contribution is -2.46. The van der Waals surface area contributed by atoms with Gasteiger partial charge >= 0.3 is 0 Å². The molecule has 0 atom stereocenters. The van der Waals surface area contributed by atoms with Crippen molar-refractivity contribution in [2.45, 2.75) is 34.2 Å². The second kappa shape index (κ2) is 6.62. The molecular weight excluding hydrogens is 286 g/mol. The highest BCUT2D eigenvalue weighted by Gasteiger charge is 2.20. The van der Waals surface area contributed by atoms with Crippen LogP contribution in [0, 0.1) is 27.7 Å². The molecule has 0 amide bonds. The van der Waals surface area contributed by atoms with E-state index in [2.05, 4.69) is 58.5 Å². The Kier molecular flexibility index (Phi) is 4.57. The summed E-state index contributed by atoms with van der Waals surface area (Å²) >= 11 is 0. The van der Waals surface area contributed by atoms with Crippen molar-refractivity contribution in [3.05, 3.63) is 46.5 Å². The summed E-state index contributed by atoms with van der Waals surface area (Å²) in [4.78, 5) is 18.6. The summed E-state index contributed by atoms with van der Waals surface area (Å²) in [5.41, 5.74) is 5.80. The summed E-state index contributed by atoms with van der Waals surface area (Å²) in [6.45, 7) is 13.2. The van der Waals surface area contributed by atoms with Gasteiger partial charge in [0.25, 0.3) is 0 Å². The van der Waals surface area contributed by atoms with Crippen LogP contribution in [-0.4, -0.2) is 46.0 Å². The number of anilines is 1. The summed E-state index contributed by atoms with van der Waals surface area (Å²) in [6.07, 6.45) is 1.88. The van der Waals surface area contributed by atoms with Crippen LogP contribution in [0.25, 0.3) is 0 Å². The maximum atomic E-state index is 4.66. The van der Waals surface area contributed by atoms with Gasteiger partial charge in [-0.2, -0.15) is 0 Å². The number of aryl methyl sites for hydroxylation is 3. The third-order valence-corrected chi connectivity index (χ3v) is 4.77. The molecule has 23 heavy (non-hydrogen) atoms. The Morgan fingerprint density at radius 3 is 2.22 bits per heavy atom. The third-order valence-electron chi connectivity index (χ3n) is 4.77. The summed E-state index contributed by atoms with van der Waals surface area (Å²) < 4.78 is 0. The van der Waals surface area contributed by atoms with Crippen molar-refractivity contribution >= 4 is 5.95 Å². The van der Waals surface area contributed by atoms with Gasteiger partial charge in [-0.1, -0.05) is 6.07 Å². The summed E-state index contributed by atoms with van der Waals surface area (Å²) in [5.74, 6) is 0.874. The molecule has 5 heteroatoms. The lowest BCUT2D eigenvalue weighted by atomic mass is 10.2. The Morgan fingerprint density at radius 2 is 1.61 bits per heavy atom. The van der Waals surface area contributed by atoms with Crippen molar-refractivity contribution in [2.24, 2.45) is 0 Å². The highest BCUT2D eigenvalue weighted by molar-refractivity contribution is 5.36. The van der Waals surface area contributed by atoms with Crippen molar-refractivity contribution in [1.29, 1.82) is 0 Å². The first-order valence-corrected chi connectivity index (χ1v) is 8.24. The van der Waals surface area contributed by atoms with Crippen molar-refractivity contribution in [3.8, 4) is 0 Å². The third kappa shape index (κ3) is 3.50. The highest BCUT2D eigenvalue weighted by atomic mass is 15.3. The SMILES string of the molecule is Cc1cccnc1CN1CCN(c2nc(C)c(C)c(C)n2)CC1. The molecule has 5 nitrogen and oxygen atoms in total. The van der Waals surface area contributed by atoms with Gasteiger partial charge in [0, 0.05) is 50.3 Å². The summed E-state index contributed by atoms with van der Waals surface area (Å²) in [6, 6.07) is 4.13. The normalized spacial score (nSPS) is 15.9. The molecule has 0 N–H and O–H groups in total. The van der Waals surface area contributed by atoms with Gasteiger partial charge in [-0.3, -0.25) is 9.88 Å². The Labute approximate surface area is 138 Å². The van der Waals surface area contributed by atoms with E-state index in [0.717, 1.165) is 50.1 Å². The number of hydrogen-bond acceptors (Lipinski definition) is 5. The summed E-state index contributed by atoms with van der Waals surface area (Å²) in [7, 11) is 0. The van der Waals surface area contributed by atoms with Gasteiger partial charge in [-0.15, -0.1) is 0 Å². The molecule has 1 saturated heterocycles. The molecule has 2 aromatic heterocycles. The van der Waals surface area contributed by atoms with E-state index in [9.17, 15) is 0 Å². The number of pyridine rings is 1. The van der Waals surface area contributed by atoms with Gasteiger partial charge in [0.2, 0.25) is 5.95 Å². The molecule has 0 aliphatic carbocycles. The number of aromatic nitrogens is 3. The summed E-state index contributed by atoms with van der Waals surface area (Å²) in [5, 5.41) is 0. The average molecular weight is 311 g/mol. The minimum Gasteiger partial charge on any atom is -0.338 e. The van der Waals surface area contributed by atoms with Crippen LogP contribution >= 0.6 is 0 Å². The van der Waals surface area contributed by atoms with E-state index in [1.165, 1.54) is 16.8 Å². The monoisotopic (exact) mass is 311 g/mol. The number of hydrogen-bond donors (Lipinski definition) is 0.